The summed E-state index contributed by atoms with van der Waals surface area (Å²) in [5.41, 5.74) is 0.326. The highest BCUT2D eigenvalue weighted by atomic mass is 19.1. The van der Waals surface area contributed by atoms with Crippen LogP contribution in [0.25, 0.3) is 0 Å². The van der Waals surface area contributed by atoms with Crippen LogP contribution in [-0.4, -0.2) is 6.61 Å². The summed E-state index contributed by atoms with van der Waals surface area (Å²) in [6.07, 6.45) is 1.89. The van der Waals surface area contributed by atoms with Gasteiger partial charge in [0.15, 0.2) is 17.4 Å². The minimum absolute atomic E-state index is 0.0135. The van der Waals surface area contributed by atoms with E-state index in [4.69, 9.17) is 4.74 Å². The zero-order chi connectivity index (χ0) is 24.7. The lowest BCUT2D eigenvalue weighted by molar-refractivity contribution is 0.285. The second-order valence-corrected chi connectivity index (χ2v) is 7.50. The molecule has 0 N–H and O–H groups in total. The molecule has 0 saturated carbocycles. The third-order valence-corrected chi connectivity index (χ3v) is 4.73. The van der Waals surface area contributed by atoms with Gasteiger partial charge in [-0.2, -0.15) is 0 Å². The van der Waals surface area contributed by atoms with Crippen molar-refractivity contribution in [3.05, 3.63) is 99.4 Å². The Kier molecular flexibility index (Phi) is 8.33. The summed E-state index contributed by atoms with van der Waals surface area (Å²) in [4.78, 5) is 0. The highest BCUT2D eigenvalue weighted by Gasteiger charge is 2.12. The Hall–Kier alpha value is -3.77. The Morgan fingerprint density at radius 1 is 0.647 bits per heavy atom. The number of hydrogen-bond donors (Lipinski definition) is 0. The summed E-state index contributed by atoms with van der Waals surface area (Å²) in [7, 11) is 0. The standard InChI is InChI=1S/C28H21F5O/c1-3-5-19-14-24(30)22(25(31)15-19)11-8-18-6-9-21(23(29)13-18)10-7-20-16-26(32)28(27(33)17-20)34-12-4-2/h6,9,13-17H,3-5,12H2,1-2H3. The second kappa shape index (κ2) is 11.4. The number of ether oxygens (including phenoxy) is 1. The lowest BCUT2D eigenvalue weighted by atomic mass is 10.1. The third kappa shape index (κ3) is 6.17. The van der Waals surface area contributed by atoms with E-state index >= 15 is 0 Å². The smallest absolute Gasteiger partial charge is 0.190 e. The van der Waals surface area contributed by atoms with E-state index in [9.17, 15) is 22.0 Å². The van der Waals surface area contributed by atoms with E-state index in [0.29, 0.717) is 18.4 Å². The van der Waals surface area contributed by atoms with Crippen LogP contribution >= 0.6 is 0 Å². The van der Waals surface area contributed by atoms with Gasteiger partial charge >= 0.3 is 0 Å². The lowest BCUT2D eigenvalue weighted by Crippen LogP contribution is -2.00. The van der Waals surface area contributed by atoms with Gasteiger partial charge in [0.1, 0.15) is 17.5 Å². The van der Waals surface area contributed by atoms with E-state index in [2.05, 4.69) is 23.7 Å². The molecule has 0 atom stereocenters. The zero-order valence-electron chi connectivity index (χ0n) is 18.7. The van der Waals surface area contributed by atoms with Crippen LogP contribution in [0.1, 0.15) is 54.5 Å². The topological polar surface area (TPSA) is 9.23 Å². The summed E-state index contributed by atoms with van der Waals surface area (Å²) < 4.78 is 76.0. The second-order valence-electron chi connectivity index (χ2n) is 7.50. The predicted molar refractivity (Wildman–Crippen MR) is 121 cm³/mol. The average molecular weight is 468 g/mol. The Labute approximate surface area is 195 Å². The van der Waals surface area contributed by atoms with Gasteiger partial charge < -0.3 is 4.74 Å². The first-order valence-corrected chi connectivity index (χ1v) is 10.8. The van der Waals surface area contributed by atoms with E-state index in [1.165, 1.54) is 24.3 Å². The van der Waals surface area contributed by atoms with Crippen molar-refractivity contribution in [1.82, 2.24) is 0 Å². The molecule has 0 aromatic heterocycles. The maximum absolute atomic E-state index is 14.5. The van der Waals surface area contributed by atoms with Crippen molar-refractivity contribution >= 4 is 0 Å². The number of benzene rings is 3. The lowest BCUT2D eigenvalue weighted by Gasteiger charge is -2.07. The molecule has 34 heavy (non-hydrogen) atoms. The van der Waals surface area contributed by atoms with Gasteiger partial charge in [-0.1, -0.05) is 44.0 Å². The monoisotopic (exact) mass is 468 g/mol. The first-order valence-electron chi connectivity index (χ1n) is 10.8. The fourth-order valence-corrected chi connectivity index (χ4v) is 3.12. The van der Waals surface area contributed by atoms with Crippen molar-refractivity contribution in [2.24, 2.45) is 0 Å². The largest absolute Gasteiger partial charge is 0.488 e. The van der Waals surface area contributed by atoms with E-state index in [-0.39, 0.29) is 28.9 Å². The van der Waals surface area contributed by atoms with Crippen LogP contribution in [0.2, 0.25) is 0 Å². The number of halogens is 5. The van der Waals surface area contributed by atoms with Crippen molar-refractivity contribution in [3.63, 3.8) is 0 Å². The van der Waals surface area contributed by atoms with Gasteiger partial charge in [-0.05, 0) is 60.9 Å². The highest BCUT2D eigenvalue weighted by Crippen LogP contribution is 2.23. The van der Waals surface area contributed by atoms with Gasteiger partial charge in [-0.3, -0.25) is 0 Å². The minimum atomic E-state index is -0.897. The Morgan fingerprint density at radius 3 is 1.85 bits per heavy atom. The van der Waals surface area contributed by atoms with Crippen molar-refractivity contribution in [1.29, 1.82) is 0 Å². The summed E-state index contributed by atoms with van der Waals surface area (Å²) in [5.74, 6) is 5.43. The van der Waals surface area contributed by atoms with Crippen LogP contribution in [0.3, 0.4) is 0 Å². The quantitative estimate of drug-likeness (QED) is 0.292. The van der Waals surface area contributed by atoms with Crippen molar-refractivity contribution < 1.29 is 26.7 Å². The van der Waals surface area contributed by atoms with Gasteiger partial charge in [0.05, 0.1) is 17.7 Å². The Bertz CT molecular complexity index is 1280. The first kappa shape index (κ1) is 24.9. The Balaban J connectivity index is 1.82. The number of hydrogen-bond acceptors (Lipinski definition) is 1. The number of rotatable bonds is 5. The van der Waals surface area contributed by atoms with Gasteiger partial charge in [0, 0.05) is 11.1 Å². The summed E-state index contributed by atoms with van der Waals surface area (Å²) in [6.45, 7) is 3.88. The first-order chi connectivity index (χ1) is 16.3. The molecule has 1 nitrogen and oxygen atoms in total. The van der Waals surface area contributed by atoms with Gasteiger partial charge in [-0.15, -0.1) is 0 Å². The maximum Gasteiger partial charge on any atom is 0.190 e. The normalized spacial score (nSPS) is 10.2. The summed E-state index contributed by atoms with van der Waals surface area (Å²) in [5, 5.41) is 0. The van der Waals surface area contributed by atoms with Gasteiger partial charge in [-0.25, -0.2) is 22.0 Å². The number of aryl methyl sites for hydroxylation is 1. The van der Waals surface area contributed by atoms with E-state index in [1.807, 2.05) is 13.8 Å². The van der Waals surface area contributed by atoms with Crippen LogP contribution in [0, 0.1) is 52.8 Å². The fourth-order valence-electron chi connectivity index (χ4n) is 3.12. The van der Waals surface area contributed by atoms with E-state index in [1.54, 1.807) is 0 Å². The van der Waals surface area contributed by atoms with E-state index < -0.39 is 34.8 Å². The summed E-state index contributed by atoms with van der Waals surface area (Å²) >= 11 is 0. The molecule has 3 aromatic rings. The van der Waals surface area contributed by atoms with Gasteiger partial charge in [0.25, 0.3) is 0 Å². The summed E-state index contributed by atoms with van der Waals surface area (Å²) in [6, 6.07) is 8.33. The molecule has 0 aliphatic carbocycles. The molecule has 0 spiro atoms. The third-order valence-electron chi connectivity index (χ3n) is 4.73. The molecule has 0 bridgehead atoms. The molecule has 174 valence electrons. The molecule has 0 heterocycles. The molecule has 0 saturated heterocycles. The van der Waals surface area contributed by atoms with Gasteiger partial charge in [0.2, 0.25) is 0 Å². The van der Waals surface area contributed by atoms with Crippen LogP contribution in [-0.2, 0) is 6.42 Å². The minimum Gasteiger partial charge on any atom is -0.488 e. The molecule has 0 radical (unpaired) electrons. The van der Waals surface area contributed by atoms with Crippen LogP contribution in [0.5, 0.6) is 5.75 Å². The molecule has 0 aliphatic heterocycles. The molecular formula is C28H21F5O. The van der Waals surface area contributed by atoms with E-state index in [0.717, 1.165) is 24.6 Å². The molecule has 6 heteroatoms. The zero-order valence-corrected chi connectivity index (χ0v) is 18.7. The molecule has 3 aromatic carbocycles. The van der Waals surface area contributed by atoms with Crippen molar-refractivity contribution in [2.45, 2.75) is 33.1 Å². The maximum atomic E-state index is 14.5. The van der Waals surface area contributed by atoms with Crippen LogP contribution in [0.4, 0.5) is 22.0 Å². The molecule has 3 rings (SSSR count). The molecular weight excluding hydrogens is 447 g/mol. The van der Waals surface area contributed by atoms with Crippen LogP contribution < -0.4 is 4.74 Å². The molecule has 0 aliphatic rings. The van der Waals surface area contributed by atoms with Crippen molar-refractivity contribution in [3.8, 4) is 29.4 Å². The molecule has 0 amide bonds. The predicted octanol–water partition coefficient (Wildman–Crippen LogP) is 6.92. The molecule has 0 unspecified atom stereocenters. The SMILES string of the molecule is CCCOc1c(F)cc(C#Cc2ccc(C#Cc3c(F)cc(CCC)cc3F)cc2F)cc1F. The molecule has 0 fully saturated rings. The Morgan fingerprint density at radius 2 is 1.26 bits per heavy atom. The highest BCUT2D eigenvalue weighted by molar-refractivity contribution is 5.50. The van der Waals surface area contributed by atoms with Crippen LogP contribution in [0.15, 0.2) is 42.5 Å². The average Bonchev–Trinajstić information content (AvgIpc) is 2.77. The fraction of sp³-hybridized carbons (Fsp3) is 0.214. The van der Waals surface area contributed by atoms with Crippen molar-refractivity contribution in [2.75, 3.05) is 6.61 Å².